The third-order valence-corrected chi connectivity index (χ3v) is 5.64. The van der Waals surface area contributed by atoms with Crippen molar-refractivity contribution in [2.24, 2.45) is 0 Å². The Bertz CT molecular complexity index is 937. The average Bonchev–Trinajstić information content (AvgIpc) is 2.68. The fourth-order valence-corrected chi connectivity index (χ4v) is 3.90. The molecule has 1 saturated heterocycles. The van der Waals surface area contributed by atoms with E-state index in [1.54, 1.807) is 0 Å². The third kappa shape index (κ3) is 5.08. The highest BCUT2D eigenvalue weighted by atomic mass is 79.9. The number of halogens is 4. The molecule has 2 aromatic rings. The fraction of sp³-hybridized carbons (Fsp3) is 0.400. The van der Waals surface area contributed by atoms with E-state index in [0.717, 1.165) is 20.7 Å². The molecular formula is C20H20BrF3N2O3. The highest BCUT2D eigenvalue weighted by molar-refractivity contribution is 9.10. The van der Waals surface area contributed by atoms with Crippen LogP contribution in [0.25, 0.3) is 0 Å². The Kier molecular flexibility index (Phi) is 6.48. The van der Waals surface area contributed by atoms with Gasteiger partial charge in [-0.3, -0.25) is 9.59 Å². The van der Waals surface area contributed by atoms with Crippen LogP contribution < -0.4 is 10.9 Å². The van der Waals surface area contributed by atoms with Gasteiger partial charge >= 0.3 is 6.18 Å². The fourth-order valence-electron chi connectivity index (χ4n) is 3.50. The Morgan fingerprint density at radius 1 is 1.21 bits per heavy atom. The molecule has 1 aliphatic heterocycles. The largest absolute Gasteiger partial charge is 0.421 e. The average molecular weight is 473 g/mol. The molecule has 2 heterocycles. The van der Waals surface area contributed by atoms with E-state index in [0.29, 0.717) is 38.7 Å². The smallest absolute Gasteiger partial charge is 0.381 e. The number of nitrogens with zero attached hydrogens (tertiary/aromatic N) is 1. The van der Waals surface area contributed by atoms with E-state index >= 15 is 0 Å². The summed E-state index contributed by atoms with van der Waals surface area (Å²) < 4.78 is 45.8. The molecule has 5 nitrogen and oxygen atoms in total. The number of carbonyl (C=O) groups is 1. The SMILES string of the molecule is O=C(Cn1cccc(C(F)(F)F)c1=O)NCC1(c2cccc(Br)c2)CCOCC1. The van der Waals surface area contributed by atoms with Gasteiger partial charge in [0, 0.05) is 35.8 Å². The summed E-state index contributed by atoms with van der Waals surface area (Å²) in [4.78, 5) is 24.4. The van der Waals surface area contributed by atoms with E-state index < -0.39 is 29.8 Å². The summed E-state index contributed by atoms with van der Waals surface area (Å²) in [6.45, 7) is 0.929. The Labute approximate surface area is 174 Å². The molecule has 1 aromatic carbocycles. The molecule has 0 bridgehead atoms. The van der Waals surface area contributed by atoms with Crippen LogP contribution in [-0.4, -0.2) is 30.2 Å². The summed E-state index contributed by atoms with van der Waals surface area (Å²) in [6, 6.07) is 9.63. The number of nitrogens with one attached hydrogen (secondary N) is 1. The Morgan fingerprint density at radius 3 is 2.59 bits per heavy atom. The van der Waals surface area contributed by atoms with Gasteiger partial charge in [0.2, 0.25) is 5.91 Å². The first kappa shape index (κ1) is 21.6. The highest BCUT2D eigenvalue weighted by Crippen LogP contribution is 2.35. The van der Waals surface area contributed by atoms with Crippen molar-refractivity contribution in [3.63, 3.8) is 0 Å². The molecular weight excluding hydrogens is 453 g/mol. The van der Waals surface area contributed by atoms with E-state index in [1.807, 2.05) is 24.3 Å². The maximum Gasteiger partial charge on any atom is 0.421 e. The lowest BCUT2D eigenvalue weighted by atomic mass is 9.74. The van der Waals surface area contributed by atoms with E-state index in [-0.39, 0.29) is 5.41 Å². The lowest BCUT2D eigenvalue weighted by Gasteiger charge is -2.38. The van der Waals surface area contributed by atoms with Crippen molar-refractivity contribution >= 4 is 21.8 Å². The molecule has 156 valence electrons. The van der Waals surface area contributed by atoms with Gasteiger partial charge in [-0.25, -0.2) is 0 Å². The predicted octanol–water partition coefficient (Wildman–Crippen LogP) is 3.49. The van der Waals surface area contributed by atoms with Crippen LogP contribution >= 0.6 is 15.9 Å². The molecule has 0 aliphatic carbocycles. The maximum atomic E-state index is 12.9. The monoisotopic (exact) mass is 472 g/mol. The summed E-state index contributed by atoms with van der Waals surface area (Å²) >= 11 is 3.46. The first-order chi connectivity index (χ1) is 13.7. The quantitative estimate of drug-likeness (QED) is 0.724. The van der Waals surface area contributed by atoms with Gasteiger partial charge in [-0.15, -0.1) is 0 Å². The van der Waals surface area contributed by atoms with Crippen LogP contribution in [0.1, 0.15) is 24.0 Å². The van der Waals surface area contributed by atoms with Crippen molar-refractivity contribution in [3.8, 4) is 0 Å². The van der Waals surface area contributed by atoms with Crippen molar-refractivity contribution in [2.45, 2.75) is 31.0 Å². The van der Waals surface area contributed by atoms with Crippen LogP contribution in [0.15, 0.2) is 51.9 Å². The second-order valence-corrected chi connectivity index (χ2v) is 7.95. The molecule has 0 spiro atoms. The molecule has 3 rings (SSSR count). The van der Waals surface area contributed by atoms with E-state index in [9.17, 15) is 22.8 Å². The minimum atomic E-state index is -4.76. The van der Waals surface area contributed by atoms with E-state index in [2.05, 4.69) is 21.2 Å². The molecule has 0 saturated carbocycles. The number of rotatable bonds is 5. The summed E-state index contributed by atoms with van der Waals surface area (Å²) in [5.74, 6) is -0.521. The number of hydrogen-bond acceptors (Lipinski definition) is 3. The van der Waals surface area contributed by atoms with Gasteiger partial charge < -0.3 is 14.6 Å². The van der Waals surface area contributed by atoms with Crippen LogP contribution in [0, 0.1) is 0 Å². The second kappa shape index (κ2) is 8.71. The number of ether oxygens (including phenoxy) is 1. The number of hydrogen-bond donors (Lipinski definition) is 1. The number of alkyl halides is 3. The summed E-state index contributed by atoms with van der Waals surface area (Å²) in [5.41, 5.74) is -1.81. The Hall–Kier alpha value is -2.13. The van der Waals surface area contributed by atoms with Crippen molar-refractivity contribution in [2.75, 3.05) is 19.8 Å². The van der Waals surface area contributed by atoms with Crippen LogP contribution in [0.5, 0.6) is 0 Å². The zero-order valence-corrected chi connectivity index (χ0v) is 17.1. The van der Waals surface area contributed by atoms with Crippen LogP contribution in [0.4, 0.5) is 13.2 Å². The van der Waals surface area contributed by atoms with Crippen molar-refractivity contribution in [1.82, 2.24) is 9.88 Å². The van der Waals surface area contributed by atoms with Crippen molar-refractivity contribution in [1.29, 1.82) is 0 Å². The number of pyridine rings is 1. The molecule has 29 heavy (non-hydrogen) atoms. The minimum Gasteiger partial charge on any atom is -0.381 e. The second-order valence-electron chi connectivity index (χ2n) is 7.03. The van der Waals surface area contributed by atoms with Crippen LogP contribution in [0.2, 0.25) is 0 Å². The van der Waals surface area contributed by atoms with Crippen LogP contribution in [0.3, 0.4) is 0 Å². The third-order valence-electron chi connectivity index (χ3n) is 5.15. The van der Waals surface area contributed by atoms with Gasteiger partial charge in [0.05, 0.1) is 0 Å². The summed E-state index contributed by atoms with van der Waals surface area (Å²) in [6.07, 6.45) is -2.18. The van der Waals surface area contributed by atoms with Gasteiger partial charge in [0.25, 0.3) is 5.56 Å². The van der Waals surface area contributed by atoms with Gasteiger partial charge in [0.1, 0.15) is 12.1 Å². The molecule has 0 radical (unpaired) electrons. The Morgan fingerprint density at radius 2 is 1.93 bits per heavy atom. The molecule has 1 aliphatic rings. The lowest BCUT2D eigenvalue weighted by Crippen LogP contribution is -2.46. The van der Waals surface area contributed by atoms with Gasteiger partial charge in [-0.05, 0) is 42.7 Å². The van der Waals surface area contributed by atoms with Crippen molar-refractivity contribution in [3.05, 3.63) is 68.5 Å². The number of amides is 1. The number of benzene rings is 1. The molecule has 1 amide bonds. The van der Waals surface area contributed by atoms with E-state index in [4.69, 9.17) is 4.74 Å². The maximum absolute atomic E-state index is 12.9. The Balaban J connectivity index is 1.74. The van der Waals surface area contributed by atoms with Crippen molar-refractivity contribution < 1.29 is 22.7 Å². The molecule has 1 aromatic heterocycles. The molecule has 1 N–H and O–H groups in total. The normalized spacial score (nSPS) is 16.4. The molecule has 1 fully saturated rings. The first-order valence-corrected chi connectivity index (χ1v) is 9.88. The van der Waals surface area contributed by atoms with Crippen LogP contribution in [-0.2, 0) is 27.7 Å². The standard InChI is InChI=1S/C20H20BrF3N2O3/c21-15-4-1-3-14(11-15)19(6-9-29-10-7-19)13-25-17(27)12-26-8-2-5-16(18(26)28)20(22,23)24/h1-5,8,11H,6-7,9-10,12-13H2,(H,25,27). The van der Waals surface area contributed by atoms with Gasteiger partial charge in [-0.1, -0.05) is 28.1 Å². The van der Waals surface area contributed by atoms with Gasteiger partial charge in [-0.2, -0.15) is 13.2 Å². The first-order valence-electron chi connectivity index (χ1n) is 9.08. The lowest BCUT2D eigenvalue weighted by molar-refractivity contribution is -0.139. The highest BCUT2D eigenvalue weighted by Gasteiger charge is 2.36. The molecule has 9 heteroatoms. The summed E-state index contributed by atoms with van der Waals surface area (Å²) in [7, 11) is 0. The minimum absolute atomic E-state index is 0.305. The predicted molar refractivity (Wildman–Crippen MR) is 105 cm³/mol. The number of aromatic nitrogens is 1. The number of carbonyl (C=O) groups excluding carboxylic acids is 1. The van der Waals surface area contributed by atoms with E-state index in [1.165, 1.54) is 6.20 Å². The molecule has 0 atom stereocenters. The zero-order chi connectivity index (χ0) is 21.1. The summed E-state index contributed by atoms with van der Waals surface area (Å²) in [5, 5.41) is 2.79. The van der Waals surface area contributed by atoms with Gasteiger partial charge in [0.15, 0.2) is 0 Å². The molecule has 0 unspecified atom stereocenters. The topological polar surface area (TPSA) is 60.3 Å². The zero-order valence-electron chi connectivity index (χ0n) is 15.5.